The van der Waals surface area contributed by atoms with Crippen molar-refractivity contribution in [3.63, 3.8) is 0 Å². The van der Waals surface area contributed by atoms with Crippen LogP contribution in [-0.2, 0) is 14.3 Å². The molecule has 0 aromatic heterocycles. The molecule has 1 saturated carbocycles. The second-order valence-corrected chi connectivity index (χ2v) is 6.51. The van der Waals surface area contributed by atoms with E-state index in [-0.39, 0.29) is 28.8 Å². The predicted octanol–water partition coefficient (Wildman–Crippen LogP) is 2.63. The number of carbonyl (C=O) groups is 2. The fourth-order valence-electron chi connectivity index (χ4n) is 2.14. The van der Waals surface area contributed by atoms with E-state index in [1.54, 1.807) is 13.0 Å². The molecule has 0 aromatic carbocycles. The van der Waals surface area contributed by atoms with Gasteiger partial charge < -0.3 is 9.84 Å². The lowest BCUT2D eigenvalue weighted by molar-refractivity contribution is -0.157. The van der Waals surface area contributed by atoms with E-state index in [1.807, 2.05) is 34.6 Å². The summed E-state index contributed by atoms with van der Waals surface area (Å²) in [5.41, 5.74) is -0.454. The third-order valence-electron chi connectivity index (χ3n) is 3.34. The molecule has 0 radical (unpaired) electrons. The maximum atomic E-state index is 12.0. The standard InChI is InChI=1S/C14H22O4/c1-8(11(15)16)7-9-10(14(9,5)6)12(17)18-13(2,3)4/h7,9-10H,1-6H3,(H,15,16)/b8-7+/t9-,10+/m1/s1. The molecule has 0 bridgehead atoms. The molecule has 0 aliphatic heterocycles. The monoisotopic (exact) mass is 254 g/mol. The van der Waals surface area contributed by atoms with Gasteiger partial charge in [0.05, 0.1) is 5.92 Å². The quantitative estimate of drug-likeness (QED) is 0.621. The van der Waals surface area contributed by atoms with E-state index in [2.05, 4.69) is 0 Å². The summed E-state index contributed by atoms with van der Waals surface area (Å²) in [5.74, 6) is -1.48. The second kappa shape index (κ2) is 4.41. The number of aliphatic carboxylic acids is 1. The zero-order valence-electron chi connectivity index (χ0n) is 11.9. The maximum Gasteiger partial charge on any atom is 0.330 e. The van der Waals surface area contributed by atoms with Crippen molar-refractivity contribution in [1.29, 1.82) is 0 Å². The molecule has 1 rings (SSSR count). The van der Waals surface area contributed by atoms with Gasteiger partial charge in [-0.1, -0.05) is 19.9 Å². The van der Waals surface area contributed by atoms with Crippen molar-refractivity contribution in [2.24, 2.45) is 17.3 Å². The van der Waals surface area contributed by atoms with Crippen LogP contribution < -0.4 is 0 Å². The van der Waals surface area contributed by atoms with Crippen molar-refractivity contribution in [3.8, 4) is 0 Å². The number of ether oxygens (including phenoxy) is 1. The lowest BCUT2D eigenvalue weighted by Crippen LogP contribution is -2.26. The molecule has 1 aliphatic carbocycles. The Morgan fingerprint density at radius 1 is 1.28 bits per heavy atom. The topological polar surface area (TPSA) is 63.6 Å². The van der Waals surface area contributed by atoms with Crippen molar-refractivity contribution >= 4 is 11.9 Å². The van der Waals surface area contributed by atoms with E-state index < -0.39 is 11.6 Å². The molecule has 18 heavy (non-hydrogen) atoms. The average Bonchev–Trinajstić information content (AvgIpc) is 2.64. The molecular formula is C14H22O4. The highest BCUT2D eigenvalue weighted by Crippen LogP contribution is 2.60. The van der Waals surface area contributed by atoms with Crippen LogP contribution in [0.15, 0.2) is 11.6 Å². The van der Waals surface area contributed by atoms with Crippen LogP contribution in [0.2, 0.25) is 0 Å². The number of esters is 1. The minimum absolute atomic E-state index is 0.0524. The Kier molecular flexibility index (Phi) is 3.61. The molecule has 0 unspecified atom stereocenters. The molecule has 102 valence electrons. The van der Waals surface area contributed by atoms with Gasteiger partial charge in [0, 0.05) is 5.57 Å². The molecule has 1 N–H and O–H groups in total. The summed E-state index contributed by atoms with van der Waals surface area (Å²) in [5, 5.41) is 8.86. The number of carbonyl (C=O) groups excluding carboxylic acids is 1. The number of allylic oxidation sites excluding steroid dienone is 1. The van der Waals surface area contributed by atoms with Crippen LogP contribution in [0.5, 0.6) is 0 Å². The Morgan fingerprint density at radius 3 is 2.17 bits per heavy atom. The first-order chi connectivity index (χ1) is 7.97. The van der Waals surface area contributed by atoms with Gasteiger partial charge in [0.15, 0.2) is 0 Å². The maximum absolute atomic E-state index is 12.0. The van der Waals surface area contributed by atoms with Gasteiger partial charge in [0.25, 0.3) is 0 Å². The second-order valence-electron chi connectivity index (χ2n) is 6.51. The van der Waals surface area contributed by atoms with Crippen LogP contribution in [0.4, 0.5) is 0 Å². The summed E-state index contributed by atoms with van der Waals surface area (Å²) < 4.78 is 5.35. The zero-order chi connectivity index (χ0) is 14.3. The van der Waals surface area contributed by atoms with Crippen molar-refractivity contribution < 1.29 is 19.4 Å². The molecule has 0 spiro atoms. The van der Waals surface area contributed by atoms with E-state index in [4.69, 9.17) is 9.84 Å². The molecule has 4 heteroatoms. The fraction of sp³-hybridized carbons (Fsp3) is 0.714. The van der Waals surface area contributed by atoms with Gasteiger partial charge in [0.2, 0.25) is 0 Å². The Hall–Kier alpha value is -1.32. The lowest BCUT2D eigenvalue weighted by atomic mass is 10.1. The zero-order valence-corrected chi connectivity index (χ0v) is 11.9. The fourth-order valence-corrected chi connectivity index (χ4v) is 2.14. The van der Waals surface area contributed by atoms with Gasteiger partial charge in [0.1, 0.15) is 5.60 Å². The molecule has 2 atom stereocenters. The predicted molar refractivity (Wildman–Crippen MR) is 68.0 cm³/mol. The Morgan fingerprint density at radius 2 is 1.78 bits per heavy atom. The van der Waals surface area contributed by atoms with Gasteiger partial charge in [-0.2, -0.15) is 0 Å². The molecule has 1 fully saturated rings. The van der Waals surface area contributed by atoms with Crippen molar-refractivity contribution in [2.75, 3.05) is 0 Å². The number of rotatable bonds is 3. The third kappa shape index (κ3) is 3.12. The normalized spacial score (nSPS) is 26.7. The highest BCUT2D eigenvalue weighted by molar-refractivity contribution is 5.86. The Labute approximate surface area is 108 Å². The van der Waals surface area contributed by atoms with E-state index >= 15 is 0 Å². The van der Waals surface area contributed by atoms with Crippen LogP contribution >= 0.6 is 0 Å². The smallest absolute Gasteiger partial charge is 0.330 e. The molecule has 0 amide bonds. The van der Waals surface area contributed by atoms with Crippen LogP contribution in [0, 0.1) is 17.3 Å². The van der Waals surface area contributed by atoms with Gasteiger partial charge in [-0.3, -0.25) is 4.79 Å². The highest BCUT2D eigenvalue weighted by Gasteiger charge is 2.62. The van der Waals surface area contributed by atoms with Crippen molar-refractivity contribution in [2.45, 2.75) is 47.1 Å². The van der Waals surface area contributed by atoms with E-state index in [1.165, 1.54) is 0 Å². The van der Waals surface area contributed by atoms with Gasteiger partial charge in [-0.25, -0.2) is 4.79 Å². The molecule has 1 aliphatic rings. The van der Waals surface area contributed by atoms with E-state index in [0.29, 0.717) is 0 Å². The van der Waals surface area contributed by atoms with Crippen LogP contribution in [0.1, 0.15) is 41.5 Å². The number of hydrogen-bond acceptors (Lipinski definition) is 3. The first-order valence-corrected chi connectivity index (χ1v) is 6.11. The van der Waals surface area contributed by atoms with E-state index in [0.717, 1.165) is 0 Å². The first-order valence-electron chi connectivity index (χ1n) is 6.11. The minimum atomic E-state index is -0.944. The van der Waals surface area contributed by atoms with E-state index in [9.17, 15) is 9.59 Å². The Balaban J connectivity index is 2.79. The van der Waals surface area contributed by atoms with Crippen LogP contribution in [0.25, 0.3) is 0 Å². The number of carboxylic acids is 1. The molecule has 0 heterocycles. The summed E-state index contributed by atoms with van der Waals surface area (Å²) in [7, 11) is 0. The molecule has 0 aromatic rings. The summed E-state index contributed by atoms with van der Waals surface area (Å²) in [6.07, 6.45) is 1.66. The van der Waals surface area contributed by atoms with Gasteiger partial charge in [-0.05, 0) is 39.0 Å². The van der Waals surface area contributed by atoms with Gasteiger partial charge in [-0.15, -0.1) is 0 Å². The largest absolute Gasteiger partial charge is 0.478 e. The van der Waals surface area contributed by atoms with Gasteiger partial charge >= 0.3 is 11.9 Å². The van der Waals surface area contributed by atoms with Crippen LogP contribution in [0.3, 0.4) is 0 Å². The first kappa shape index (κ1) is 14.7. The summed E-state index contributed by atoms with van der Waals surface area (Å²) in [4.78, 5) is 22.8. The SMILES string of the molecule is C/C(=C\[C@@H]1[C@@H](C(=O)OC(C)(C)C)C1(C)C)C(=O)O. The summed E-state index contributed by atoms with van der Waals surface area (Å²) in [6.45, 7) is 10.9. The van der Waals surface area contributed by atoms with Crippen molar-refractivity contribution in [3.05, 3.63) is 11.6 Å². The number of carboxylic acid groups (broad SMARTS) is 1. The Bertz CT molecular complexity index is 399. The summed E-state index contributed by atoms with van der Waals surface area (Å²) >= 11 is 0. The third-order valence-corrected chi connectivity index (χ3v) is 3.34. The number of hydrogen-bond donors (Lipinski definition) is 1. The molecular weight excluding hydrogens is 232 g/mol. The van der Waals surface area contributed by atoms with Crippen LogP contribution in [-0.4, -0.2) is 22.6 Å². The minimum Gasteiger partial charge on any atom is -0.478 e. The molecule has 0 saturated heterocycles. The average molecular weight is 254 g/mol. The highest BCUT2D eigenvalue weighted by atomic mass is 16.6. The summed E-state index contributed by atoms with van der Waals surface area (Å²) in [6, 6.07) is 0. The van der Waals surface area contributed by atoms with Crippen molar-refractivity contribution in [1.82, 2.24) is 0 Å². The lowest BCUT2D eigenvalue weighted by Gasteiger charge is -2.19. The molecule has 4 nitrogen and oxygen atoms in total.